The summed E-state index contributed by atoms with van der Waals surface area (Å²) in [6.45, 7) is 5.55. The zero-order valence-corrected chi connectivity index (χ0v) is 18.9. The van der Waals surface area contributed by atoms with E-state index >= 15 is 0 Å². The van der Waals surface area contributed by atoms with E-state index in [4.69, 9.17) is 4.43 Å². The van der Waals surface area contributed by atoms with Crippen molar-refractivity contribution in [3.05, 3.63) is 84.9 Å². The van der Waals surface area contributed by atoms with Crippen molar-refractivity contribution in [1.82, 2.24) is 0 Å². The van der Waals surface area contributed by atoms with E-state index < -0.39 is 8.32 Å². The number of nitriles is 1. The average Bonchev–Trinajstić information content (AvgIpc) is 2.82. The molecule has 1 aliphatic rings. The molecule has 1 fully saturated rings. The fraction of sp³-hybridized carbons (Fsp3) is 0.259. The molecule has 4 rings (SSSR count). The lowest BCUT2D eigenvalue weighted by atomic mass is 9.90. The van der Waals surface area contributed by atoms with E-state index in [0.717, 1.165) is 46.8 Å². The maximum atomic E-state index is 13.1. The molecule has 0 amide bonds. The zero-order chi connectivity index (χ0) is 21.8. The van der Waals surface area contributed by atoms with Crippen LogP contribution in [-0.2, 0) is 9.22 Å². The number of carbonyl (C=O) groups is 1. The number of hydrogen-bond donors (Lipinski definition) is 0. The summed E-state index contributed by atoms with van der Waals surface area (Å²) in [5.74, 6) is -0.511. The van der Waals surface area contributed by atoms with Crippen LogP contribution in [0.3, 0.4) is 0 Å². The first-order valence-corrected chi connectivity index (χ1v) is 12.9. The predicted octanol–water partition coefficient (Wildman–Crippen LogP) is 5.10. The Hall–Kier alpha value is -3.16. The molecule has 3 nitrogen and oxygen atoms in total. The minimum Gasteiger partial charge on any atom is -0.506 e. The zero-order valence-electron chi connectivity index (χ0n) is 17.9. The highest BCUT2D eigenvalue weighted by Gasteiger charge is 2.54. The van der Waals surface area contributed by atoms with E-state index in [0.29, 0.717) is 5.57 Å². The Morgan fingerprint density at radius 2 is 1.68 bits per heavy atom. The average molecular weight is 426 g/mol. The maximum absolute atomic E-state index is 13.1. The first-order valence-electron chi connectivity index (χ1n) is 10.9. The van der Waals surface area contributed by atoms with Crippen molar-refractivity contribution in [3.63, 3.8) is 0 Å². The summed E-state index contributed by atoms with van der Waals surface area (Å²) in [5.41, 5.74) is 0.375. The molecule has 0 aliphatic heterocycles. The molecule has 0 bridgehead atoms. The second-order valence-corrected chi connectivity index (χ2v) is 12.0. The fourth-order valence-electron chi connectivity index (χ4n) is 5.00. The number of nitrogens with zero attached hydrogens (tertiary/aromatic N) is 1. The number of rotatable bonds is 5. The van der Waals surface area contributed by atoms with Crippen LogP contribution in [-0.4, -0.2) is 14.3 Å². The highest BCUT2D eigenvalue weighted by atomic mass is 28.4. The lowest BCUT2D eigenvalue weighted by Gasteiger charge is -2.42. The van der Waals surface area contributed by atoms with Gasteiger partial charge in [-0.2, -0.15) is 5.26 Å². The normalized spacial score (nSPS) is 20.4. The summed E-state index contributed by atoms with van der Waals surface area (Å²) in [6.07, 6.45) is 3.81. The van der Waals surface area contributed by atoms with Crippen LogP contribution < -0.4 is 10.4 Å². The number of carbonyl (C=O) groups excluding carboxylic acids is 1. The van der Waals surface area contributed by atoms with Gasteiger partial charge < -0.3 is 4.43 Å². The molecule has 31 heavy (non-hydrogen) atoms. The van der Waals surface area contributed by atoms with Crippen LogP contribution in [0.1, 0.15) is 32.6 Å². The van der Waals surface area contributed by atoms with Gasteiger partial charge in [-0.15, -0.1) is 0 Å². The topological polar surface area (TPSA) is 50.1 Å². The van der Waals surface area contributed by atoms with Crippen molar-refractivity contribution in [3.8, 4) is 6.07 Å². The van der Waals surface area contributed by atoms with E-state index in [2.05, 4.69) is 49.0 Å². The lowest BCUT2D eigenvalue weighted by molar-refractivity contribution is -0.130. The van der Waals surface area contributed by atoms with Gasteiger partial charge in [-0.05, 0) is 40.9 Å². The van der Waals surface area contributed by atoms with Crippen LogP contribution in [0.5, 0.6) is 0 Å². The fourth-order valence-corrected chi connectivity index (χ4v) is 10.1. The third-order valence-corrected chi connectivity index (χ3v) is 11.1. The summed E-state index contributed by atoms with van der Waals surface area (Å²) in [5, 5.41) is 14.4. The van der Waals surface area contributed by atoms with Gasteiger partial charge in [0.15, 0.2) is 0 Å². The molecule has 3 atom stereocenters. The molecule has 3 unspecified atom stereocenters. The van der Waals surface area contributed by atoms with Gasteiger partial charge in [0.1, 0.15) is 0 Å². The van der Waals surface area contributed by atoms with Gasteiger partial charge in [0.25, 0.3) is 0 Å². The van der Waals surface area contributed by atoms with Gasteiger partial charge >= 0.3 is 14.3 Å². The van der Waals surface area contributed by atoms with Gasteiger partial charge in [0.2, 0.25) is 0 Å². The Morgan fingerprint density at radius 3 is 2.42 bits per heavy atom. The molecule has 3 aromatic carbocycles. The molecule has 1 aliphatic carbocycles. The third kappa shape index (κ3) is 3.82. The Kier molecular flexibility index (Phi) is 6.06. The Balaban J connectivity index is 2.08. The Morgan fingerprint density at radius 1 is 1.00 bits per heavy atom. The minimum atomic E-state index is -3.15. The minimum absolute atomic E-state index is 0.0113. The highest BCUT2D eigenvalue weighted by Crippen LogP contribution is 2.42. The second kappa shape index (κ2) is 8.91. The molecule has 0 heterocycles. The number of benzene rings is 3. The Bertz CT molecular complexity index is 1150. The first kappa shape index (κ1) is 21.1. The van der Waals surface area contributed by atoms with E-state index in [-0.39, 0.29) is 17.4 Å². The third-order valence-electron chi connectivity index (χ3n) is 6.45. The van der Waals surface area contributed by atoms with Gasteiger partial charge in [-0.25, -0.2) is 4.79 Å². The second-order valence-electron chi connectivity index (χ2n) is 8.42. The molecule has 3 aromatic rings. The smallest absolute Gasteiger partial charge is 0.323 e. The highest BCUT2D eigenvalue weighted by molar-refractivity contribution is 7.00. The number of fused-ring (bicyclic) bond motifs is 1. The van der Waals surface area contributed by atoms with E-state index in [9.17, 15) is 10.1 Å². The summed E-state index contributed by atoms with van der Waals surface area (Å²) < 4.78 is 6.60. The van der Waals surface area contributed by atoms with Gasteiger partial charge in [-0.1, -0.05) is 92.2 Å². The standard InChI is InChI=1S/C27H27NO2Si/c1-20(2)27(29)30-31(23-14-4-3-5-15-23,25-17-9-7-12-22(25)19-28)26-18-10-13-21-11-6-8-16-24(21)26/h3-6,8,10-11,13-16,18,22,25H,1,7,9,12,17H2,2H3. The summed E-state index contributed by atoms with van der Waals surface area (Å²) >= 11 is 0. The largest absolute Gasteiger partial charge is 0.506 e. The Labute approximate surface area is 185 Å². The summed E-state index contributed by atoms with van der Waals surface area (Å²) in [6, 6.07) is 27.2. The lowest BCUT2D eigenvalue weighted by Crippen LogP contribution is -2.66. The van der Waals surface area contributed by atoms with Crippen LogP contribution in [0.4, 0.5) is 0 Å². The van der Waals surface area contributed by atoms with Crippen LogP contribution in [0.2, 0.25) is 5.54 Å². The molecule has 4 heteroatoms. The molecule has 0 saturated heterocycles. The van der Waals surface area contributed by atoms with Crippen molar-refractivity contribution >= 4 is 35.4 Å². The van der Waals surface area contributed by atoms with Crippen molar-refractivity contribution in [1.29, 1.82) is 5.26 Å². The number of hydrogen-bond acceptors (Lipinski definition) is 3. The molecule has 0 N–H and O–H groups in total. The quantitative estimate of drug-likeness (QED) is 0.422. The molecule has 1 saturated carbocycles. The monoisotopic (exact) mass is 425 g/mol. The van der Waals surface area contributed by atoms with Crippen LogP contribution in [0.25, 0.3) is 10.8 Å². The predicted molar refractivity (Wildman–Crippen MR) is 128 cm³/mol. The van der Waals surface area contributed by atoms with E-state index in [1.807, 2.05) is 36.4 Å². The van der Waals surface area contributed by atoms with Crippen molar-refractivity contribution in [2.24, 2.45) is 5.92 Å². The van der Waals surface area contributed by atoms with Gasteiger partial charge in [0.05, 0.1) is 12.0 Å². The van der Waals surface area contributed by atoms with E-state index in [1.54, 1.807) is 6.92 Å². The van der Waals surface area contributed by atoms with Crippen molar-refractivity contribution < 1.29 is 9.22 Å². The van der Waals surface area contributed by atoms with Crippen LogP contribution in [0.15, 0.2) is 84.9 Å². The van der Waals surface area contributed by atoms with Crippen molar-refractivity contribution in [2.75, 3.05) is 0 Å². The molecule has 0 aromatic heterocycles. The van der Waals surface area contributed by atoms with Crippen LogP contribution in [0, 0.1) is 17.2 Å². The molecule has 0 radical (unpaired) electrons. The molecule has 0 spiro atoms. The summed E-state index contributed by atoms with van der Waals surface area (Å²) in [7, 11) is -3.15. The molecular formula is C27H27NO2Si. The van der Waals surface area contributed by atoms with Gasteiger partial charge in [-0.3, -0.25) is 0 Å². The maximum Gasteiger partial charge on any atom is 0.323 e. The van der Waals surface area contributed by atoms with Crippen LogP contribution >= 0.6 is 0 Å². The summed E-state index contributed by atoms with van der Waals surface area (Å²) in [4.78, 5) is 13.1. The SMILES string of the molecule is C=C(C)C(=O)O[Si](c1ccccc1)(c1cccc2ccccc12)C1CCCCC1C#N. The molecule has 156 valence electrons. The molecular weight excluding hydrogens is 398 g/mol. The van der Waals surface area contributed by atoms with E-state index in [1.165, 1.54) is 0 Å². The first-order chi connectivity index (χ1) is 15.1. The van der Waals surface area contributed by atoms with Crippen molar-refractivity contribution in [2.45, 2.75) is 38.1 Å². The van der Waals surface area contributed by atoms with Gasteiger partial charge in [0, 0.05) is 11.1 Å².